The number of carbonyl (C=O) groups excluding carboxylic acids is 3. The van der Waals surface area contributed by atoms with E-state index in [9.17, 15) is 14.4 Å². The molecule has 2 aliphatic heterocycles. The summed E-state index contributed by atoms with van der Waals surface area (Å²) in [6.45, 7) is 7.05. The number of urea groups is 1. The summed E-state index contributed by atoms with van der Waals surface area (Å²) in [5.74, 6) is 1.10. The van der Waals surface area contributed by atoms with Crippen LogP contribution in [0.25, 0.3) is 10.2 Å². The fourth-order valence-corrected chi connectivity index (χ4v) is 6.95. The van der Waals surface area contributed by atoms with Crippen molar-refractivity contribution in [3.8, 4) is 11.5 Å². The lowest BCUT2D eigenvalue weighted by Crippen LogP contribution is -2.53. The second kappa shape index (κ2) is 11.9. The van der Waals surface area contributed by atoms with Gasteiger partial charge in [0.05, 0.1) is 34.5 Å². The molecular formula is C33H35N5O5S. The van der Waals surface area contributed by atoms with Gasteiger partial charge in [-0.1, -0.05) is 18.2 Å². The molecule has 1 saturated heterocycles. The van der Waals surface area contributed by atoms with E-state index < -0.39 is 5.41 Å². The zero-order chi connectivity index (χ0) is 31.0. The van der Waals surface area contributed by atoms with Crippen LogP contribution in [0.2, 0.25) is 0 Å². The zero-order valence-corrected chi connectivity index (χ0v) is 26.0. The lowest BCUT2D eigenvalue weighted by molar-refractivity contribution is -0.144. The van der Waals surface area contributed by atoms with Crippen LogP contribution >= 0.6 is 11.3 Å². The highest BCUT2D eigenvalue weighted by molar-refractivity contribution is 7.21. The van der Waals surface area contributed by atoms with Gasteiger partial charge in [-0.3, -0.25) is 14.5 Å². The Hall–Kier alpha value is -4.48. The highest BCUT2D eigenvalue weighted by Crippen LogP contribution is 2.46. The number of amides is 4. The number of ether oxygens (including phenoxy) is 2. The largest absolute Gasteiger partial charge is 0.457 e. The maximum absolute atomic E-state index is 13.6. The lowest BCUT2D eigenvalue weighted by Gasteiger charge is -2.37. The minimum Gasteiger partial charge on any atom is -0.457 e. The van der Waals surface area contributed by atoms with Gasteiger partial charge in [0, 0.05) is 32.4 Å². The van der Waals surface area contributed by atoms with Gasteiger partial charge in [0.2, 0.25) is 5.91 Å². The minimum absolute atomic E-state index is 0.00593. The summed E-state index contributed by atoms with van der Waals surface area (Å²) in [4.78, 5) is 49.4. The molecule has 228 valence electrons. The fraction of sp³-hybridized carbons (Fsp3) is 0.333. The number of thiophene rings is 1. The van der Waals surface area contributed by atoms with Crippen LogP contribution in [-0.2, 0) is 9.53 Å². The third-order valence-electron chi connectivity index (χ3n) is 7.97. The average molecular weight is 614 g/mol. The Morgan fingerprint density at radius 2 is 1.91 bits per heavy atom. The molecule has 1 fully saturated rings. The molecule has 0 unspecified atom stereocenters. The van der Waals surface area contributed by atoms with Gasteiger partial charge in [-0.2, -0.15) is 0 Å². The highest BCUT2D eigenvalue weighted by Gasteiger charge is 2.37. The van der Waals surface area contributed by atoms with E-state index in [-0.39, 0.29) is 23.9 Å². The van der Waals surface area contributed by atoms with Crippen molar-refractivity contribution in [3.63, 3.8) is 0 Å². The van der Waals surface area contributed by atoms with E-state index in [1.165, 1.54) is 11.3 Å². The van der Waals surface area contributed by atoms with E-state index in [4.69, 9.17) is 9.47 Å². The standard InChI is InChI=1S/C33H35N5O5S/c1-20-17-23(43-22-10-6-5-7-11-22)12-13-24(20)38-25-14-15-34-30-26(25)27(36-32(38)41)28(44-30)29(39)35-21-9-8-16-37(18-21)31(40)33(2,3)19-42-4/h5-7,10-15,17,21H,8-9,16,18-19H2,1-4H3,(H,35,39)(H,36,41)/t21-/m1/s1. The third-order valence-corrected chi connectivity index (χ3v) is 9.06. The maximum Gasteiger partial charge on any atom is 0.331 e. The molecule has 11 heteroatoms. The number of piperidine rings is 1. The van der Waals surface area contributed by atoms with Gasteiger partial charge in [0.15, 0.2) is 0 Å². The zero-order valence-electron chi connectivity index (χ0n) is 25.2. The number of rotatable bonds is 8. The van der Waals surface area contributed by atoms with Gasteiger partial charge in [0.25, 0.3) is 5.91 Å². The molecule has 0 saturated carbocycles. The Morgan fingerprint density at radius 3 is 2.66 bits per heavy atom. The highest BCUT2D eigenvalue weighted by atomic mass is 32.1. The summed E-state index contributed by atoms with van der Waals surface area (Å²) in [5.41, 5.74) is 2.00. The first kappa shape index (κ1) is 29.6. The predicted octanol–water partition coefficient (Wildman–Crippen LogP) is 6.47. The number of para-hydroxylation sites is 1. The first-order valence-electron chi connectivity index (χ1n) is 14.6. The van der Waals surface area contributed by atoms with Crippen LogP contribution < -0.4 is 20.3 Å². The molecule has 0 spiro atoms. The molecule has 1 atom stereocenters. The Bertz CT molecular complexity index is 1740. The van der Waals surface area contributed by atoms with Crippen molar-refractivity contribution in [2.75, 3.05) is 37.0 Å². The van der Waals surface area contributed by atoms with E-state index >= 15 is 0 Å². The molecule has 4 aromatic rings. The smallest absolute Gasteiger partial charge is 0.331 e. The number of carbonyl (C=O) groups is 3. The van der Waals surface area contributed by atoms with Crippen molar-refractivity contribution < 1.29 is 23.9 Å². The average Bonchev–Trinajstić information content (AvgIpc) is 3.38. The van der Waals surface area contributed by atoms with Crippen LogP contribution in [0.3, 0.4) is 0 Å². The van der Waals surface area contributed by atoms with Crippen molar-refractivity contribution in [3.05, 3.63) is 71.2 Å². The molecule has 44 heavy (non-hydrogen) atoms. The van der Waals surface area contributed by atoms with Gasteiger partial charge < -0.3 is 25.0 Å². The van der Waals surface area contributed by atoms with Crippen molar-refractivity contribution in [2.24, 2.45) is 5.41 Å². The van der Waals surface area contributed by atoms with Crippen LogP contribution in [0.4, 0.5) is 21.9 Å². The Labute approximate surface area is 260 Å². The normalized spacial score (nSPS) is 16.5. The van der Waals surface area contributed by atoms with Crippen molar-refractivity contribution in [1.29, 1.82) is 0 Å². The van der Waals surface area contributed by atoms with Crippen LogP contribution in [0, 0.1) is 12.3 Å². The van der Waals surface area contributed by atoms with E-state index in [0.29, 0.717) is 57.6 Å². The van der Waals surface area contributed by atoms with Crippen LogP contribution in [0.5, 0.6) is 11.5 Å². The van der Waals surface area contributed by atoms with Crippen LogP contribution in [0.15, 0.2) is 60.8 Å². The Morgan fingerprint density at radius 1 is 1.11 bits per heavy atom. The molecule has 2 aromatic heterocycles. The molecule has 0 aliphatic carbocycles. The molecule has 6 rings (SSSR count). The number of anilines is 3. The fourth-order valence-electron chi connectivity index (χ4n) is 5.93. The summed E-state index contributed by atoms with van der Waals surface area (Å²) < 4.78 is 11.2. The lowest BCUT2D eigenvalue weighted by atomic mass is 9.91. The topological polar surface area (TPSA) is 113 Å². The minimum atomic E-state index is -0.651. The second-order valence-corrected chi connectivity index (χ2v) is 12.8. The molecule has 2 N–H and O–H groups in total. The number of aryl methyl sites for hydroxylation is 1. The van der Waals surface area contributed by atoms with Gasteiger partial charge in [-0.25, -0.2) is 9.78 Å². The van der Waals surface area contributed by atoms with E-state index in [1.54, 1.807) is 29.2 Å². The van der Waals surface area contributed by atoms with Crippen LogP contribution in [-0.4, -0.2) is 60.6 Å². The number of nitrogens with one attached hydrogen (secondary N) is 2. The maximum atomic E-state index is 13.6. The quantitative estimate of drug-likeness (QED) is 0.235. The first-order valence-corrected chi connectivity index (χ1v) is 15.4. The molecular weight excluding hydrogens is 578 g/mol. The van der Waals surface area contributed by atoms with Gasteiger partial charge in [-0.05, 0) is 75.6 Å². The number of aromatic nitrogens is 1. The van der Waals surface area contributed by atoms with Crippen molar-refractivity contribution in [2.45, 2.75) is 39.7 Å². The first-order chi connectivity index (χ1) is 21.2. The van der Waals surface area contributed by atoms with Gasteiger partial charge >= 0.3 is 6.03 Å². The van der Waals surface area contributed by atoms with Crippen LogP contribution in [0.1, 0.15) is 41.9 Å². The molecule has 4 heterocycles. The third kappa shape index (κ3) is 5.60. The molecule has 4 amide bonds. The Balaban J connectivity index is 1.24. The number of hydrogen-bond acceptors (Lipinski definition) is 7. The summed E-state index contributed by atoms with van der Waals surface area (Å²) in [5, 5.41) is 6.80. The number of nitrogens with zero attached hydrogens (tertiary/aromatic N) is 3. The molecule has 0 bridgehead atoms. The molecule has 0 radical (unpaired) electrons. The summed E-state index contributed by atoms with van der Waals surface area (Å²) in [7, 11) is 1.59. The van der Waals surface area contributed by atoms with Gasteiger partial charge in [0.1, 0.15) is 21.2 Å². The van der Waals surface area contributed by atoms with E-state index in [1.807, 2.05) is 69.3 Å². The number of methoxy groups -OCH3 is 1. The van der Waals surface area contributed by atoms with Crippen molar-refractivity contribution in [1.82, 2.24) is 15.2 Å². The summed E-state index contributed by atoms with van der Waals surface area (Å²) in [6.07, 6.45) is 3.19. The summed E-state index contributed by atoms with van der Waals surface area (Å²) in [6, 6.07) is 16.3. The molecule has 2 aliphatic rings. The Kier molecular flexibility index (Phi) is 8.00. The predicted molar refractivity (Wildman–Crippen MR) is 171 cm³/mol. The summed E-state index contributed by atoms with van der Waals surface area (Å²) >= 11 is 1.24. The number of likely N-dealkylation sites (tertiary alicyclic amines) is 1. The monoisotopic (exact) mass is 613 g/mol. The molecule has 10 nitrogen and oxygen atoms in total. The second-order valence-electron chi connectivity index (χ2n) is 11.8. The van der Waals surface area contributed by atoms with E-state index in [2.05, 4.69) is 15.6 Å². The van der Waals surface area contributed by atoms with Crippen molar-refractivity contribution >= 4 is 56.5 Å². The number of benzene rings is 2. The number of pyridine rings is 1. The molecule has 2 aromatic carbocycles. The van der Waals surface area contributed by atoms with E-state index in [0.717, 1.165) is 24.2 Å². The van der Waals surface area contributed by atoms with Gasteiger partial charge in [-0.15, -0.1) is 11.3 Å². The number of hydrogen-bond donors (Lipinski definition) is 2. The SMILES string of the molecule is COCC(C)(C)C(=O)N1CCC[C@@H](NC(=O)c2sc3nccc4c3c2NC(=O)N4c2ccc(Oc3ccccc3)cc2C)C1.